The molecule has 31 nitrogen and oxygen atoms in total. The number of alkyl carbamates (subject to hydrolysis) is 1. The number of halogens is 2. The second kappa shape index (κ2) is 26.2. The average molecular weight is 1450 g/mol. The van der Waals surface area contributed by atoms with Gasteiger partial charge in [-0.3, -0.25) is 14.4 Å². The van der Waals surface area contributed by atoms with Gasteiger partial charge >= 0.3 is 24.1 Å². The van der Waals surface area contributed by atoms with Crippen LogP contribution < -0.4 is 24.9 Å². The molecule has 4 aliphatic heterocycles. The first-order valence-corrected chi connectivity index (χ1v) is 36.8. The van der Waals surface area contributed by atoms with Gasteiger partial charge in [-0.25, -0.2) is 43.5 Å². The van der Waals surface area contributed by atoms with Gasteiger partial charge < -0.3 is 72.1 Å². The Hall–Kier alpha value is -9.50. The second-order valence-corrected chi connectivity index (χ2v) is 31.1. The summed E-state index contributed by atoms with van der Waals surface area (Å²) in [5, 5.41) is 15.8. The molecule has 0 bridgehead atoms. The van der Waals surface area contributed by atoms with Crippen LogP contribution in [0, 0.1) is 11.6 Å². The molecule has 2 atom stereocenters. The normalized spacial score (nSPS) is 23.7. The molecule has 0 spiro atoms. The van der Waals surface area contributed by atoms with Gasteiger partial charge in [0.1, 0.15) is 50.8 Å². The molecule has 10 fully saturated rings. The van der Waals surface area contributed by atoms with Crippen molar-refractivity contribution in [3.63, 3.8) is 0 Å². The van der Waals surface area contributed by atoms with Gasteiger partial charge in [0.05, 0.1) is 23.2 Å². The van der Waals surface area contributed by atoms with E-state index in [1.807, 2.05) is 29.4 Å². The zero-order valence-electron chi connectivity index (χ0n) is 59.8. The van der Waals surface area contributed by atoms with Crippen LogP contribution in [0.25, 0.3) is 0 Å². The predicted octanol–water partition coefficient (Wildman–Crippen LogP) is 7.44. The quantitative estimate of drug-likeness (QED) is 0.0650. The third-order valence-electron chi connectivity index (χ3n) is 23.1. The Morgan fingerprint density at radius 2 is 0.829 bits per heavy atom. The smallest absolute Gasteiger partial charge is 0.408 e. The van der Waals surface area contributed by atoms with Gasteiger partial charge in [-0.2, -0.15) is 15.0 Å². The Bertz CT molecular complexity index is 4400. The number of carbonyl (C=O) groups excluding carboxylic acids is 4. The first-order chi connectivity index (χ1) is 50.7. The maximum absolute atomic E-state index is 17.8. The number of nitrogens with zero attached hydrogens (tertiary/aromatic N) is 19. The standard InChI is InChI=1S/C72H86F2N20O11/c1-67(2,3)102-66(98)84-72(61-77-36-43(37-78-61)55(96)93(47-10-11-47)50-17-29-89(30-18-50)64-82-58(86-104-64)69(100-5)23-24-69)41-91(62-79-38-44(39-80-62)56(97)94(48-12-13-48)51-19-31-90(32-20-51)65-83-59(87-105-65)70(101-6)25-26-70)40-71(72,52-33-45(73)7-14-53(52)74)60-75-34-42(35-76-60)54(95)92(46-8-9-46)49-15-27-88(28-16-49)63-81-57(85-103-63)68(99-4)21-22-68/h7,14,33-39,46-51H,8-13,15-32,40-41H2,1-6H3,(H,84,98). The van der Waals surface area contributed by atoms with Gasteiger partial charge in [-0.15, -0.1) is 0 Å². The maximum Gasteiger partial charge on any atom is 0.408 e. The Labute approximate surface area is 603 Å². The Kier molecular flexibility index (Phi) is 17.1. The fourth-order valence-corrected chi connectivity index (χ4v) is 16.3. The zero-order valence-corrected chi connectivity index (χ0v) is 59.8. The van der Waals surface area contributed by atoms with E-state index in [0.29, 0.717) is 113 Å². The maximum atomic E-state index is 17.8. The zero-order chi connectivity index (χ0) is 72.4. The number of amides is 4. The van der Waals surface area contributed by atoms with Crippen molar-refractivity contribution in [3.05, 3.63) is 118 Å². The summed E-state index contributed by atoms with van der Waals surface area (Å²) >= 11 is 0. The summed E-state index contributed by atoms with van der Waals surface area (Å²) in [6.45, 7) is 7.59. The predicted molar refractivity (Wildman–Crippen MR) is 366 cm³/mol. The molecule has 10 heterocycles. The van der Waals surface area contributed by atoms with Gasteiger partial charge in [0.15, 0.2) is 5.82 Å². The fraction of sp³-hybridized carbons (Fsp3) is 0.611. The van der Waals surface area contributed by atoms with Crippen molar-refractivity contribution in [2.75, 3.05) is 93.3 Å². The highest BCUT2D eigenvalue weighted by atomic mass is 19.1. The Balaban J connectivity index is 0.705. The number of methoxy groups -OCH3 is 3. The molecular formula is C72H86F2N20O11. The molecule has 4 amide bonds. The van der Waals surface area contributed by atoms with Crippen molar-refractivity contribution < 1.29 is 60.5 Å². The van der Waals surface area contributed by atoms with E-state index in [4.69, 9.17) is 77.4 Å². The summed E-state index contributed by atoms with van der Waals surface area (Å²) in [4.78, 5) is 118. The molecule has 7 aromatic rings. The van der Waals surface area contributed by atoms with E-state index >= 15 is 23.2 Å². The van der Waals surface area contributed by atoms with Crippen LogP contribution in [0.1, 0.15) is 202 Å². The fourth-order valence-electron chi connectivity index (χ4n) is 16.3. The minimum absolute atomic E-state index is 0.0106. The summed E-state index contributed by atoms with van der Waals surface area (Å²) in [6, 6.07) is 3.67. The Morgan fingerprint density at radius 1 is 0.476 bits per heavy atom. The SMILES string of the molecule is COC1(c2noc(N3CCC(N(C(=O)c4cnc(N5CC(NC(=O)OC(C)(C)C)(c6ncc(C(=O)N(C7CC7)C7CCN(c8nc(C9(OC)CC9)no8)CC7)cn6)C(c6ncc(C(=O)N(C7CC7)C7CCN(c8nc(C9(OC)CC9)no8)CC7)cn6)(c6cc(F)ccc6F)C5)nc4)C4CC4)CC3)n2)CC1. The van der Waals surface area contributed by atoms with E-state index in [-0.39, 0.29) is 100 Å². The average Bonchev–Trinajstić information content (AvgIpc) is 1.48. The van der Waals surface area contributed by atoms with E-state index < -0.39 is 57.6 Å². The third kappa shape index (κ3) is 12.7. The number of ether oxygens (including phenoxy) is 4. The van der Waals surface area contributed by atoms with Crippen LogP contribution in [0.15, 0.2) is 68.9 Å². The molecule has 4 saturated heterocycles. The molecule has 6 aromatic heterocycles. The number of carbonyl (C=O) groups is 4. The molecule has 105 heavy (non-hydrogen) atoms. The molecule has 0 radical (unpaired) electrons. The lowest BCUT2D eigenvalue weighted by Gasteiger charge is -2.43. The van der Waals surface area contributed by atoms with Gasteiger partial charge in [-0.05, 0) is 155 Å². The number of anilines is 4. The highest BCUT2D eigenvalue weighted by Crippen LogP contribution is 2.54. The summed E-state index contributed by atoms with van der Waals surface area (Å²) in [7, 11) is 4.94. The van der Waals surface area contributed by atoms with Crippen molar-refractivity contribution in [2.45, 2.75) is 206 Å². The van der Waals surface area contributed by atoms with Crippen LogP contribution in [-0.4, -0.2) is 214 Å². The van der Waals surface area contributed by atoms with Crippen molar-refractivity contribution in [2.24, 2.45) is 0 Å². The van der Waals surface area contributed by atoms with Crippen LogP contribution in [-0.2, 0) is 46.7 Å². The van der Waals surface area contributed by atoms with Crippen LogP contribution in [0.5, 0.6) is 0 Å². The molecule has 33 heteroatoms. The number of nitrogens with one attached hydrogen (secondary N) is 1. The minimum atomic E-state index is -2.19. The van der Waals surface area contributed by atoms with Gasteiger partial charge in [0.25, 0.3) is 17.7 Å². The molecule has 17 rings (SSSR count). The van der Waals surface area contributed by atoms with Crippen molar-refractivity contribution in [3.8, 4) is 0 Å². The lowest BCUT2D eigenvalue weighted by atomic mass is 9.65. The molecule has 6 aliphatic carbocycles. The molecule has 1 N–H and O–H groups in total. The minimum Gasteiger partial charge on any atom is -0.444 e. The van der Waals surface area contributed by atoms with Crippen LogP contribution in [0.4, 0.5) is 37.6 Å². The van der Waals surface area contributed by atoms with Gasteiger partial charge in [0, 0.05) is 146 Å². The summed E-state index contributed by atoms with van der Waals surface area (Å²) in [5.41, 5.74) is -6.86. The number of hydrogen-bond donors (Lipinski definition) is 1. The van der Waals surface area contributed by atoms with Gasteiger partial charge in [0.2, 0.25) is 23.4 Å². The number of rotatable bonds is 23. The molecular weight excluding hydrogens is 1360 g/mol. The largest absolute Gasteiger partial charge is 0.444 e. The Morgan fingerprint density at radius 3 is 1.17 bits per heavy atom. The number of hydrogen-bond acceptors (Lipinski definition) is 27. The first-order valence-electron chi connectivity index (χ1n) is 36.8. The highest BCUT2D eigenvalue weighted by Gasteiger charge is 2.67. The number of aromatic nitrogens is 12. The topological polar surface area (TPSA) is 334 Å². The summed E-state index contributed by atoms with van der Waals surface area (Å²) in [6.07, 6.45) is 20.9. The monoisotopic (exact) mass is 1440 g/mol. The highest BCUT2D eigenvalue weighted by molar-refractivity contribution is 5.96. The van der Waals surface area contributed by atoms with Gasteiger partial charge in [-0.1, -0.05) is 15.5 Å². The third-order valence-corrected chi connectivity index (χ3v) is 23.1. The molecule has 6 saturated carbocycles. The molecule has 1 aromatic carbocycles. The number of piperidine rings is 3. The van der Waals surface area contributed by atoms with E-state index in [0.717, 1.165) is 95.2 Å². The van der Waals surface area contributed by atoms with Crippen LogP contribution >= 0.6 is 0 Å². The van der Waals surface area contributed by atoms with Crippen molar-refractivity contribution in [1.82, 2.24) is 80.3 Å². The van der Waals surface area contributed by atoms with E-state index in [1.54, 1.807) is 47.0 Å². The van der Waals surface area contributed by atoms with E-state index in [1.165, 1.54) is 37.2 Å². The van der Waals surface area contributed by atoms with Crippen LogP contribution in [0.2, 0.25) is 0 Å². The first kappa shape index (κ1) is 68.6. The lowest BCUT2D eigenvalue weighted by molar-refractivity contribution is 0.0414. The van der Waals surface area contributed by atoms with Crippen molar-refractivity contribution in [1.29, 1.82) is 0 Å². The second-order valence-electron chi connectivity index (χ2n) is 31.1. The van der Waals surface area contributed by atoms with E-state index in [9.17, 15) is 4.79 Å². The number of benzene rings is 1. The molecule has 554 valence electrons. The summed E-state index contributed by atoms with van der Waals surface area (Å²) in [5.74, 6) is -1.38. The molecule has 10 aliphatic rings. The molecule has 2 unspecified atom stereocenters. The summed E-state index contributed by atoms with van der Waals surface area (Å²) < 4.78 is 74.7. The lowest BCUT2D eigenvalue weighted by Crippen LogP contribution is -2.62. The van der Waals surface area contributed by atoms with E-state index in [2.05, 4.69) is 20.8 Å². The van der Waals surface area contributed by atoms with Crippen LogP contribution in [0.3, 0.4) is 0 Å². The van der Waals surface area contributed by atoms with Crippen molar-refractivity contribution >= 4 is 47.8 Å².